The van der Waals surface area contributed by atoms with Gasteiger partial charge in [0.05, 0.1) is 12.1 Å². The monoisotopic (exact) mass is 218 g/mol. The summed E-state index contributed by atoms with van der Waals surface area (Å²) >= 11 is 0. The number of nitriles is 2. The van der Waals surface area contributed by atoms with Crippen molar-refractivity contribution in [3.63, 3.8) is 0 Å². The van der Waals surface area contributed by atoms with Crippen LogP contribution >= 0.6 is 0 Å². The van der Waals surface area contributed by atoms with E-state index in [1.807, 2.05) is 0 Å². The van der Waals surface area contributed by atoms with Crippen LogP contribution in [0, 0.1) is 28.1 Å². The Kier molecular flexibility index (Phi) is 5.94. The minimum absolute atomic E-state index is 0.0147. The average Bonchev–Trinajstić information content (AvgIpc) is 2.28. The van der Waals surface area contributed by atoms with E-state index >= 15 is 0 Å². The molecule has 0 N–H and O–H groups in total. The zero-order valence-electron chi connectivity index (χ0n) is 10.2. The lowest BCUT2D eigenvalue weighted by molar-refractivity contribution is 0.227. The fourth-order valence-corrected chi connectivity index (χ4v) is 2.76. The first kappa shape index (κ1) is 13.0. The van der Waals surface area contributed by atoms with Gasteiger partial charge in [-0.1, -0.05) is 44.9 Å². The smallest absolute Gasteiger partial charge is 0.0627 e. The fraction of sp³-hybridized carbons (Fsp3) is 0.857. The lowest BCUT2D eigenvalue weighted by Crippen LogP contribution is -2.20. The number of nitrogens with zero attached hydrogens (tertiary/aromatic N) is 2. The third-order valence-corrected chi connectivity index (χ3v) is 3.82. The Morgan fingerprint density at radius 1 is 0.688 bits per heavy atom. The van der Waals surface area contributed by atoms with Crippen LogP contribution in [0.4, 0.5) is 0 Å². The Hall–Kier alpha value is -1.02. The Morgan fingerprint density at radius 2 is 1.06 bits per heavy atom. The van der Waals surface area contributed by atoms with Gasteiger partial charge in [0.1, 0.15) is 0 Å². The Balaban J connectivity index is 2.60. The van der Waals surface area contributed by atoms with Gasteiger partial charge in [-0.3, -0.25) is 0 Å². The van der Waals surface area contributed by atoms with Crippen LogP contribution in [0.2, 0.25) is 0 Å². The molecule has 1 aliphatic rings. The topological polar surface area (TPSA) is 47.6 Å². The van der Waals surface area contributed by atoms with Crippen LogP contribution in [0.3, 0.4) is 0 Å². The van der Waals surface area contributed by atoms with E-state index in [0.717, 1.165) is 12.8 Å². The standard InChI is InChI=1S/C14H22N2/c15-12-10-14(11-13-16)8-6-4-2-1-3-5-7-9-14/h1-11H2. The van der Waals surface area contributed by atoms with E-state index in [1.54, 1.807) is 0 Å². The second-order valence-corrected chi connectivity index (χ2v) is 5.14. The molecule has 1 rings (SSSR count). The van der Waals surface area contributed by atoms with Gasteiger partial charge in [0.15, 0.2) is 0 Å². The van der Waals surface area contributed by atoms with Gasteiger partial charge in [0, 0.05) is 12.8 Å². The van der Waals surface area contributed by atoms with E-state index in [2.05, 4.69) is 12.1 Å². The predicted octanol–water partition coefficient (Wildman–Crippen LogP) is 4.32. The van der Waals surface area contributed by atoms with E-state index in [1.165, 1.54) is 44.9 Å². The van der Waals surface area contributed by atoms with Crippen molar-refractivity contribution in [2.24, 2.45) is 5.41 Å². The van der Waals surface area contributed by atoms with E-state index in [-0.39, 0.29) is 5.41 Å². The zero-order valence-corrected chi connectivity index (χ0v) is 10.2. The lowest BCUT2D eigenvalue weighted by Gasteiger charge is -2.30. The summed E-state index contributed by atoms with van der Waals surface area (Å²) in [6.07, 6.45) is 12.3. The molecule has 0 aromatic carbocycles. The molecule has 1 fully saturated rings. The molecule has 0 aliphatic heterocycles. The molecule has 0 unspecified atom stereocenters. The minimum atomic E-state index is 0.0147. The second kappa shape index (κ2) is 7.29. The second-order valence-electron chi connectivity index (χ2n) is 5.14. The highest BCUT2D eigenvalue weighted by atomic mass is 14.4. The molecule has 1 saturated carbocycles. The van der Waals surface area contributed by atoms with E-state index in [4.69, 9.17) is 10.5 Å². The maximum Gasteiger partial charge on any atom is 0.0627 e. The molecule has 0 heterocycles. The molecule has 16 heavy (non-hydrogen) atoms. The van der Waals surface area contributed by atoms with Crippen LogP contribution < -0.4 is 0 Å². The van der Waals surface area contributed by atoms with Gasteiger partial charge in [-0.25, -0.2) is 0 Å². The molecule has 0 aromatic heterocycles. The summed E-state index contributed by atoms with van der Waals surface area (Å²) in [4.78, 5) is 0. The molecule has 1 aliphatic carbocycles. The minimum Gasteiger partial charge on any atom is -0.198 e. The number of hydrogen-bond donors (Lipinski definition) is 0. The molecule has 2 nitrogen and oxygen atoms in total. The molecule has 0 aromatic rings. The first-order chi connectivity index (χ1) is 7.83. The Labute approximate surface area is 99.3 Å². The molecule has 88 valence electrons. The highest BCUT2D eigenvalue weighted by Gasteiger charge is 2.29. The third-order valence-electron chi connectivity index (χ3n) is 3.82. The predicted molar refractivity (Wildman–Crippen MR) is 64.4 cm³/mol. The van der Waals surface area contributed by atoms with Crippen LogP contribution in [0.5, 0.6) is 0 Å². The van der Waals surface area contributed by atoms with Crippen molar-refractivity contribution < 1.29 is 0 Å². The first-order valence-corrected chi connectivity index (χ1v) is 6.57. The molecule has 0 radical (unpaired) electrons. The van der Waals surface area contributed by atoms with E-state index < -0.39 is 0 Å². The van der Waals surface area contributed by atoms with E-state index in [0.29, 0.717) is 12.8 Å². The van der Waals surface area contributed by atoms with Crippen LogP contribution in [0.25, 0.3) is 0 Å². The highest BCUT2D eigenvalue weighted by molar-refractivity contribution is 4.94. The zero-order chi connectivity index (χ0) is 11.7. The van der Waals surface area contributed by atoms with Gasteiger partial charge in [-0.2, -0.15) is 10.5 Å². The van der Waals surface area contributed by atoms with Crippen molar-refractivity contribution in [2.45, 2.75) is 70.6 Å². The van der Waals surface area contributed by atoms with Crippen LogP contribution in [0.15, 0.2) is 0 Å². The lowest BCUT2D eigenvalue weighted by atomic mass is 9.73. The van der Waals surface area contributed by atoms with Gasteiger partial charge in [0.2, 0.25) is 0 Å². The molecule has 2 heteroatoms. The molecular formula is C14H22N2. The highest BCUT2D eigenvalue weighted by Crippen LogP contribution is 2.38. The van der Waals surface area contributed by atoms with Crippen molar-refractivity contribution in [1.82, 2.24) is 0 Å². The number of rotatable bonds is 2. The summed E-state index contributed by atoms with van der Waals surface area (Å²) < 4.78 is 0. The van der Waals surface area contributed by atoms with Crippen LogP contribution in [-0.2, 0) is 0 Å². The number of hydrogen-bond acceptors (Lipinski definition) is 2. The van der Waals surface area contributed by atoms with Gasteiger partial charge in [0.25, 0.3) is 0 Å². The Bertz CT molecular complexity index is 241. The van der Waals surface area contributed by atoms with E-state index in [9.17, 15) is 0 Å². The van der Waals surface area contributed by atoms with Crippen molar-refractivity contribution in [2.75, 3.05) is 0 Å². The maximum atomic E-state index is 8.94. The van der Waals surface area contributed by atoms with Gasteiger partial charge < -0.3 is 0 Å². The largest absolute Gasteiger partial charge is 0.198 e. The summed E-state index contributed by atoms with van der Waals surface area (Å²) in [6.45, 7) is 0. The third kappa shape index (κ3) is 4.23. The molecular weight excluding hydrogens is 196 g/mol. The summed E-state index contributed by atoms with van der Waals surface area (Å²) in [5.74, 6) is 0. The summed E-state index contributed by atoms with van der Waals surface area (Å²) in [5.41, 5.74) is 0.0147. The molecule has 0 atom stereocenters. The summed E-state index contributed by atoms with van der Waals surface area (Å²) in [5, 5.41) is 17.9. The van der Waals surface area contributed by atoms with Gasteiger partial charge >= 0.3 is 0 Å². The summed E-state index contributed by atoms with van der Waals surface area (Å²) in [7, 11) is 0. The van der Waals surface area contributed by atoms with Crippen molar-refractivity contribution in [3.8, 4) is 12.1 Å². The normalized spacial score (nSPS) is 21.6. The molecule has 0 bridgehead atoms. The molecule has 0 spiro atoms. The van der Waals surface area contributed by atoms with Crippen molar-refractivity contribution in [3.05, 3.63) is 0 Å². The van der Waals surface area contributed by atoms with Crippen molar-refractivity contribution in [1.29, 1.82) is 10.5 Å². The van der Waals surface area contributed by atoms with Gasteiger partial charge in [-0.15, -0.1) is 0 Å². The fourth-order valence-electron chi connectivity index (χ4n) is 2.76. The van der Waals surface area contributed by atoms with Crippen molar-refractivity contribution >= 4 is 0 Å². The van der Waals surface area contributed by atoms with Gasteiger partial charge in [-0.05, 0) is 18.3 Å². The molecule has 0 amide bonds. The average molecular weight is 218 g/mol. The first-order valence-electron chi connectivity index (χ1n) is 6.57. The molecule has 0 saturated heterocycles. The summed E-state index contributed by atoms with van der Waals surface area (Å²) in [6, 6.07) is 4.59. The van der Waals surface area contributed by atoms with Crippen LogP contribution in [0.1, 0.15) is 70.6 Å². The SMILES string of the molecule is N#CCC1(CC#N)CCCCCCCCC1. The Morgan fingerprint density at radius 3 is 1.44 bits per heavy atom. The van der Waals surface area contributed by atoms with Crippen LogP contribution in [-0.4, -0.2) is 0 Å². The maximum absolute atomic E-state index is 8.94. The quantitative estimate of drug-likeness (QED) is 0.692.